The Labute approximate surface area is 126 Å². The van der Waals surface area contributed by atoms with Gasteiger partial charge in [0.15, 0.2) is 0 Å². The molecule has 0 bridgehead atoms. The SMILES string of the molecule is NCC(CN)NC(=O)C1CNCc2c1cccc2C(F)(F)F. The van der Waals surface area contributed by atoms with E-state index in [4.69, 9.17) is 11.5 Å². The Morgan fingerprint density at radius 1 is 1.36 bits per heavy atom. The van der Waals surface area contributed by atoms with Crippen LogP contribution in [0.25, 0.3) is 0 Å². The van der Waals surface area contributed by atoms with Crippen LogP contribution in [-0.4, -0.2) is 31.6 Å². The summed E-state index contributed by atoms with van der Waals surface area (Å²) in [7, 11) is 0. The fraction of sp³-hybridized carbons (Fsp3) is 0.500. The Bertz CT molecular complexity index is 543. The van der Waals surface area contributed by atoms with Crippen LogP contribution in [0.1, 0.15) is 22.6 Å². The summed E-state index contributed by atoms with van der Waals surface area (Å²) in [5.74, 6) is -1.06. The molecule has 0 aliphatic carbocycles. The minimum atomic E-state index is -4.44. The molecular formula is C14H19F3N4O. The van der Waals surface area contributed by atoms with Gasteiger partial charge in [0.2, 0.25) is 5.91 Å². The van der Waals surface area contributed by atoms with E-state index in [1.807, 2.05) is 0 Å². The number of nitrogens with one attached hydrogen (secondary N) is 2. The lowest BCUT2D eigenvalue weighted by atomic mass is 9.87. The Hall–Kier alpha value is -1.64. The molecule has 0 radical (unpaired) electrons. The molecule has 6 N–H and O–H groups in total. The quantitative estimate of drug-likeness (QED) is 0.642. The summed E-state index contributed by atoms with van der Waals surface area (Å²) in [6, 6.07) is 3.54. The summed E-state index contributed by atoms with van der Waals surface area (Å²) >= 11 is 0. The van der Waals surface area contributed by atoms with Gasteiger partial charge in [-0.2, -0.15) is 13.2 Å². The minimum absolute atomic E-state index is 0.0893. The Balaban J connectivity index is 2.31. The van der Waals surface area contributed by atoms with E-state index in [1.165, 1.54) is 6.07 Å². The Kier molecular flexibility index (Phi) is 5.05. The van der Waals surface area contributed by atoms with Crippen LogP contribution in [0.2, 0.25) is 0 Å². The molecule has 0 saturated heterocycles. The number of hydrogen-bond acceptors (Lipinski definition) is 4. The van der Waals surface area contributed by atoms with Gasteiger partial charge in [0.1, 0.15) is 0 Å². The molecule has 0 saturated carbocycles. The third-order valence-corrected chi connectivity index (χ3v) is 3.78. The van der Waals surface area contributed by atoms with Crippen molar-refractivity contribution in [3.8, 4) is 0 Å². The van der Waals surface area contributed by atoms with Crippen molar-refractivity contribution < 1.29 is 18.0 Å². The van der Waals surface area contributed by atoms with Crippen molar-refractivity contribution in [1.82, 2.24) is 10.6 Å². The number of rotatable bonds is 4. The van der Waals surface area contributed by atoms with Crippen molar-refractivity contribution in [3.63, 3.8) is 0 Å². The predicted molar refractivity (Wildman–Crippen MR) is 75.9 cm³/mol. The van der Waals surface area contributed by atoms with Gasteiger partial charge >= 0.3 is 6.18 Å². The lowest BCUT2D eigenvalue weighted by Crippen LogP contribution is -2.49. The average Bonchev–Trinajstić information content (AvgIpc) is 2.50. The van der Waals surface area contributed by atoms with Gasteiger partial charge in [0, 0.05) is 26.2 Å². The van der Waals surface area contributed by atoms with Crippen molar-refractivity contribution in [2.75, 3.05) is 19.6 Å². The number of fused-ring (bicyclic) bond motifs is 1. The first kappa shape index (κ1) is 16.7. The number of hydrogen-bond donors (Lipinski definition) is 4. The van der Waals surface area contributed by atoms with E-state index in [2.05, 4.69) is 10.6 Å². The number of carbonyl (C=O) groups is 1. The van der Waals surface area contributed by atoms with E-state index < -0.39 is 17.7 Å². The van der Waals surface area contributed by atoms with Gasteiger partial charge in [-0.1, -0.05) is 12.1 Å². The molecule has 22 heavy (non-hydrogen) atoms. The van der Waals surface area contributed by atoms with Gasteiger partial charge in [-0.15, -0.1) is 0 Å². The van der Waals surface area contributed by atoms with Crippen LogP contribution in [0.4, 0.5) is 13.2 Å². The molecule has 1 aromatic carbocycles. The van der Waals surface area contributed by atoms with Crippen molar-refractivity contribution in [3.05, 3.63) is 34.9 Å². The van der Waals surface area contributed by atoms with Gasteiger partial charge in [-0.25, -0.2) is 0 Å². The highest BCUT2D eigenvalue weighted by atomic mass is 19.4. The predicted octanol–water partition coefficient (Wildman–Crippen LogP) is 0.294. The van der Waals surface area contributed by atoms with Crippen LogP contribution in [0, 0.1) is 0 Å². The molecule has 1 amide bonds. The summed E-state index contributed by atoms with van der Waals surface area (Å²) in [5, 5.41) is 5.55. The smallest absolute Gasteiger partial charge is 0.350 e. The highest BCUT2D eigenvalue weighted by Gasteiger charge is 2.37. The minimum Gasteiger partial charge on any atom is -0.350 e. The molecule has 8 heteroatoms. The number of benzene rings is 1. The molecule has 1 atom stereocenters. The van der Waals surface area contributed by atoms with Gasteiger partial charge < -0.3 is 22.1 Å². The molecule has 1 heterocycles. The topological polar surface area (TPSA) is 93.2 Å². The van der Waals surface area contributed by atoms with E-state index in [-0.39, 0.29) is 43.7 Å². The van der Waals surface area contributed by atoms with Crippen LogP contribution < -0.4 is 22.1 Å². The largest absolute Gasteiger partial charge is 0.416 e. The monoisotopic (exact) mass is 316 g/mol. The second kappa shape index (κ2) is 6.64. The van der Waals surface area contributed by atoms with Crippen LogP contribution in [0.5, 0.6) is 0 Å². The number of carbonyl (C=O) groups excluding carboxylic acids is 1. The van der Waals surface area contributed by atoms with Crippen molar-refractivity contribution in [1.29, 1.82) is 0 Å². The van der Waals surface area contributed by atoms with Crippen LogP contribution >= 0.6 is 0 Å². The summed E-state index contributed by atoms with van der Waals surface area (Å²) in [4.78, 5) is 12.3. The number of nitrogens with two attached hydrogens (primary N) is 2. The van der Waals surface area contributed by atoms with E-state index in [1.54, 1.807) is 6.07 Å². The Morgan fingerprint density at radius 2 is 2.05 bits per heavy atom. The fourth-order valence-corrected chi connectivity index (χ4v) is 2.60. The zero-order chi connectivity index (χ0) is 16.3. The first-order valence-electron chi connectivity index (χ1n) is 6.98. The molecule has 2 rings (SSSR count). The molecule has 1 unspecified atom stereocenters. The molecule has 122 valence electrons. The molecule has 1 aromatic rings. The standard InChI is InChI=1S/C14H19F3N4O/c15-14(16,17)12-3-1-2-9-10(12)6-20-7-11(9)13(22)21-8(4-18)5-19/h1-3,8,11,20H,4-7,18-19H2,(H,21,22). The highest BCUT2D eigenvalue weighted by Crippen LogP contribution is 2.36. The van der Waals surface area contributed by atoms with Crippen LogP contribution in [-0.2, 0) is 17.5 Å². The maximum absolute atomic E-state index is 13.1. The number of amides is 1. The maximum atomic E-state index is 13.1. The second-order valence-electron chi connectivity index (χ2n) is 5.23. The number of alkyl halides is 3. The normalized spacial score (nSPS) is 18.2. The van der Waals surface area contributed by atoms with E-state index >= 15 is 0 Å². The summed E-state index contributed by atoms with van der Waals surface area (Å²) < 4.78 is 39.2. The molecule has 1 aliphatic rings. The molecule has 0 fully saturated rings. The third kappa shape index (κ3) is 3.40. The zero-order valence-electron chi connectivity index (χ0n) is 11.9. The van der Waals surface area contributed by atoms with Gasteiger partial charge in [0.25, 0.3) is 0 Å². The highest BCUT2D eigenvalue weighted by molar-refractivity contribution is 5.85. The summed E-state index contributed by atoms with van der Waals surface area (Å²) in [6.45, 7) is 0.726. The van der Waals surface area contributed by atoms with Crippen LogP contribution in [0.3, 0.4) is 0 Å². The fourth-order valence-electron chi connectivity index (χ4n) is 2.60. The molecule has 5 nitrogen and oxygen atoms in total. The average molecular weight is 316 g/mol. The van der Waals surface area contributed by atoms with Gasteiger partial charge in [0.05, 0.1) is 17.5 Å². The maximum Gasteiger partial charge on any atom is 0.416 e. The van der Waals surface area contributed by atoms with Crippen molar-refractivity contribution >= 4 is 5.91 Å². The van der Waals surface area contributed by atoms with Gasteiger partial charge in [-0.05, 0) is 17.2 Å². The lowest BCUT2D eigenvalue weighted by molar-refractivity contribution is -0.138. The van der Waals surface area contributed by atoms with E-state index in [0.29, 0.717) is 5.56 Å². The first-order chi connectivity index (χ1) is 10.4. The molecule has 1 aliphatic heterocycles. The summed E-state index contributed by atoms with van der Waals surface area (Å²) in [5.41, 5.74) is 10.8. The second-order valence-corrected chi connectivity index (χ2v) is 5.23. The van der Waals surface area contributed by atoms with E-state index in [0.717, 1.165) is 6.07 Å². The van der Waals surface area contributed by atoms with E-state index in [9.17, 15) is 18.0 Å². The molecular weight excluding hydrogens is 297 g/mol. The summed E-state index contributed by atoms with van der Waals surface area (Å²) in [6.07, 6.45) is -4.44. The molecule has 0 aromatic heterocycles. The van der Waals surface area contributed by atoms with Gasteiger partial charge in [-0.3, -0.25) is 4.79 Å². The lowest BCUT2D eigenvalue weighted by Gasteiger charge is -2.29. The Morgan fingerprint density at radius 3 is 2.64 bits per heavy atom. The number of halogens is 3. The van der Waals surface area contributed by atoms with Crippen molar-refractivity contribution in [2.45, 2.75) is 24.7 Å². The van der Waals surface area contributed by atoms with Crippen molar-refractivity contribution in [2.24, 2.45) is 11.5 Å². The first-order valence-corrected chi connectivity index (χ1v) is 6.98. The van der Waals surface area contributed by atoms with Crippen LogP contribution in [0.15, 0.2) is 18.2 Å². The molecule has 0 spiro atoms. The third-order valence-electron chi connectivity index (χ3n) is 3.78. The zero-order valence-corrected chi connectivity index (χ0v) is 11.9.